The second kappa shape index (κ2) is 8.86. The molecule has 1 heterocycles. The van der Waals surface area contributed by atoms with Gasteiger partial charge in [0.1, 0.15) is 11.4 Å². The number of esters is 1. The summed E-state index contributed by atoms with van der Waals surface area (Å²) in [7, 11) is 1.39. The number of halogens is 1. The van der Waals surface area contributed by atoms with Gasteiger partial charge in [0.05, 0.1) is 12.7 Å². The molecule has 0 aliphatic rings. The van der Waals surface area contributed by atoms with Gasteiger partial charge in [-0.2, -0.15) is 0 Å². The minimum atomic E-state index is -0.819. The van der Waals surface area contributed by atoms with Crippen LogP contribution in [0.1, 0.15) is 38.1 Å². The Morgan fingerprint density at radius 2 is 1.89 bits per heavy atom. The van der Waals surface area contributed by atoms with Gasteiger partial charge in [-0.1, -0.05) is 11.6 Å². The summed E-state index contributed by atoms with van der Waals surface area (Å²) in [6.07, 6.45) is 1.36. The molecule has 3 N–H and O–H groups in total. The van der Waals surface area contributed by atoms with Gasteiger partial charge in [0.25, 0.3) is 11.8 Å². The Bertz CT molecular complexity index is 893. The Kier molecular flexibility index (Phi) is 6.56. The highest BCUT2D eigenvalue weighted by Gasteiger charge is 2.16. The molecule has 9 nitrogen and oxygen atoms in total. The van der Waals surface area contributed by atoms with Gasteiger partial charge in [-0.15, -0.1) is 0 Å². The van der Waals surface area contributed by atoms with Crippen molar-refractivity contribution < 1.29 is 28.7 Å². The number of amides is 2. The van der Waals surface area contributed by atoms with E-state index in [9.17, 15) is 19.2 Å². The number of aromatic nitrogens is 1. The molecule has 2 rings (SSSR count). The number of aromatic amines is 1. The number of H-pyrrole nitrogens is 1. The summed E-state index contributed by atoms with van der Waals surface area (Å²) >= 11 is 5.84. The number of benzene rings is 1. The Balaban J connectivity index is 1.85. The first-order valence-corrected chi connectivity index (χ1v) is 7.98. The van der Waals surface area contributed by atoms with E-state index in [1.54, 1.807) is 6.07 Å². The minimum absolute atomic E-state index is 0.0284. The Labute approximate surface area is 158 Å². The van der Waals surface area contributed by atoms with Gasteiger partial charge < -0.3 is 14.5 Å². The van der Waals surface area contributed by atoms with Crippen LogP contribution in [0.3, 0.4) is 0 Å². The van der Waals surface area contributed by atoms with Gasteiger partial charge in [0, 0.05) is 16.8 Å². The fraction of sp³-hybridized carbons (Fsp3) is 0.176. The summed E-state index contributed by atoms with van der Waals surface area (Å²) in [5.74, 6) is -2.20. The predicted molar refractivity (Wildman–Crippen MR) is 94.7 cm³/mol. The van der Waals surface area contributed by atoms with E-state index in [2.05, 4.69) is 15.8 Å². The van der Waals surface area contributed by atoms with Crippen molar-refractivity contribution in [2.45, 2.75) is 6.92 Å². The van der Waals surface area contributed by atoms with E-state index in [0.29, 0.717) is 10.6 Å². The van der Waals surface area contributed by atoms with Crippen molar-refractivity contribution in [1.29, 1.82) is 0 Å². The molecular weight excluding hydrogens is 378 g/mol. The lowest BCUT2D eigenvalue weighted by atomic mass is 10.2. The first-order valence-electron chi connectivity index (χ1n) is 7.61. The number of carbonyl (C=O) groups is 4. The van der Waals surface area contributed by atoms with Crippen molar-refractivity contribution in [3.63, 3.8) is 0 Å². The maximum absolute atomic E-state index is 12.1. The largest absolute Gasteiger partial charge is 0.496 e. The zero-order chi connectivity index (χ0) is 20.0. The van der Waals surface area contributed by atoms with Crippen molar-refractivity contribution in [2.75, 3.05) is 13.7 Å². The highest BCUT2D eigenvalue weighted by Crippen LogP contribution is 2.22. The van der Waals surface area contributed by atoms with Crippen LogP contribution < -0.4 is 15.6 Å². The number of methoxy groups -OCH3 is 1. The van der Waals surface area contributed by atoms with E-state index in [4.69, 9.17) is 21.1 Å². The Morgan fingerprint density at radius 3 is 2.52 bits per heavy atom. The number of nitrogens with one attached hydrogen (secondary N) is 3. The van der Waals surface area contributed by atoms with Gasteiger partial charge in [-0.05, 0) is 31.2 Å². The lowest BCUT2D eigenvalue weighted by Gasteiger charge is -2.10. The monoisotopic (exact) mass is 393 g/mol. The molecule has 0 bridgehead atoms. The second-order valence-corrected chi connectivity index (χ2v) is 5.72. The van der Waals surface area contributed by atoms with Crippen LogP contribution in [0.5, 0.6) is 5.75 Å². The molecule has 0 radical (unpaired) electrons. The third-order valence-electron chi connectivity index (χ3n) is 3.37. The van der Waals surface area contributed by atoms with E-state index >= 15 is 0 Å². The molecule has 0 spiro atoms. The number of ketones is 1. The number of hydrazine groups is 1. The molecule has 0 atom stereocenters. The van der Waals surface area contributed by atoms with Crippen LogP contribution >= 0.6 is 11.6 Å². The first-order chi connectivity index (χ1) is 12.8. The average Bonchev–Trinajstić information content (AvgIpc) is 3.14. The van der Waals surface area contributed by atoms with E-state index in [1.807, 2.05) is 0 Å². The van der Waals surface area contributed by atoms with Crippen molar-refractivity contribution >= 4 is 35.2 Å². The fourth-order valence-corrected chi connectivity index (χ4v) is 2.18. The third kappa shape index (κ3) is 5.32. The number of ether oxygens (including phenoxy) is 2. The molecule has 0 saturated heterocycles. The van der Waals surface area contributed by atoms with Crippen molar-refractivity contribution in [1.82, 2.24) is 15.8 Å². The third-order valence-corrected chi connectivity index (χ3v) is 3.60. The van der Waals surface area contributed by atoms with E-state index in [-0.39, 0.29) is 22.8 Å². The number of hydrogen-bond acceptors (Lipinski definition) is 6. The lowest BCUT2D eigenvalue weighted by molar-refractivity contribution is -0.125. The molecule has 2 aromatic rings. The zero-order valence-electron chi connectivity index (χ0n) is 14.4. The van der Waals surface area contributed by atoms with Gasteiger partial charge in [-0.3, -0.25) is 25.2 Å². The van der Waals surface area contributed by atoms with Crippen LogP contribution in [0.4, 0.5) is 0 Å². The van der Waals surface area contributed by atoms with Crippen molar-refractivity contribution in [2.24, 2.45) is 0 Å². The number of rotatable bonds is 6. The quantitative estimate of drug-likeness (QED) is 0.388. The molecule has 1 aromatic carbocycles. The van der Waals surface area contributed by atoms with Gasteiger partial charge in [0.15, 0.2) is 12.4 Å². The zero-order valence-corrected chi connectivity index (χ0v) is 15.2. The number of hydrogen-bond donors (Lipinski definition) is 3. The Morgan fingerprint density at radius 1 is 1.15 bits per heavy atom. The van der Waals surface area contributed by atoms with Crippen LogP contribution in [0, 0.1) is 0 Å². The second-order valence-electron chi connectivity index (χ2n) is 5.28. The number of carbonyl (C=O) groups excluding carboxylic acids is 4. The highest BCUT2D eigenvalue weighted by molar-refractivity contribution is 6.31. The molecule has 0 saturated carbocycles. The van der Waals surface area contributed by atoms with Gasteiger partial charge in [0.2, 0.25) is 0 Å². The van der Waals surface area contributed by atoms with E-state index in [0.717, 1.165) is 0 Å². The van der Waals surface area contributed by atoms with Crippen LogP contribution in [0.2, 0.25) is 5.02 Å². The molecule has 1 aromatic heterocycles. The molecule has 2 amide bonds. The van der Waals surface area contributed by atoms with Gasteiger partial charge in [-0.25, -0.2) is 4.79 Å². The minimum Gasteiger partial charge on any atom is -0.496 e. The maximum Gasteiger partial charge on any atom is 0.355 e. The standard InChI is InChI=1S/C17H16ClN3O6/c1-9(22)10-5-13(19-7-10)17(25)27-8-15(23)20-21-16(24)12-6-11(18)3-4-14(12)26-2/h3-7,19H,8H2,1-2H3,(H,20,23)(H,21,24). The molecule has 0 unspecified atom stereocenters. The van der Waals surface area contributed by atoms with Crippen LogP contribution in [-0.2, 0) is 9.53 Å². The summed E-state index contributed by atoms with van der Waals surface area (Å²) < 4.78 is 9.84. The SMILES string of the molecule is COc1ccc(Cl)cc1C(=O)NNC(=O)COC(=O)c1cc(C(C)=O)c[nH]1. The fourth-order valence-electron chi connectivity index (χ4n) is 2.01. The maximum atomic E-state index is 12.1. The lowest BCUT2D eigenvalue weighted by Crippen LogP contribution is -2.43. The molecule has 0 aliphatic heterocycles. The molecule has 27 heavy (non-hydrogen) atoms. The summed E-state index contributed by atoms with van der Waals surface area (Å²) in [4.78, 5) is 49.4. The van der Waals surface area contributed by atoms with E-state index < -0.39 is 24.4 Å². The van der Waals surface area contributed by atoms with Gasteiger partial charge >= 0.3 is 5.97 Å². The summed E-state index contributed by atoms with van der Waals surface area (Å²) in [5, 5.41) is 0.317. The smallest absolute Gasteiger partial charge is 0.355 e. The first kappa shape index (κ1) is 20.0. The highest BCUT2D eigenvalue weighted by atomic mass is 35.5. The summed E-state index contributed by atoms with van der Waals surface area (Å²) in [6, 6.07) is 5.75. The topological polar surface area (TPSA) is 127 Å². The number of Topliss-reactive ketones (excluding diaryl/α,β-unsaturated/α-hetero) is 1. The summed E-state index contributed by atoms with van der Waals surface area (Å²) in [5.41, 5.74) is 4.72. The van der Waals surface area contributed by atoms with Crippen molar-refractivity contribution in [3.8, 4) is 5.75 Å². The predicted octanol–water partition coefficient (Wildman–Crippen LogP) is 1.50. The van der Waals surface area contributed by atoms with Crippen molar-refractivity contribution in [3.05, 3.63) is 52.3 Å². The average molecular weight is 394 g/mol. The molecule has 0 aliphatic carbocycles. The molecule has 0 fully saturated rings. The Hall–Kier alpha value is -3.33. The van der Waals surface area contributed by atoms with E-state index in [1.165, 1.54) is 38.4 Å². The van der Waals surface area contributed by atoms with Crippen LogP contribution in [0.15, 0.2) is 30.5 Å². The van der Waals surface area contributed by atoms with Crippen LogP contribution in [-0.4, -0.2) is 42.3 Å². The molecule has 10 heteroatoms. The molecule has 142 valence electrons. The van der Waals surface area contributed by atoms with Crippen LogP contribution in [0.25, 0.3) is 0 Å². The summed E-state index contributed by atoms with van der Waals surface area (Å²) in [6.45, 7) is 0.712. The normalized spacial score (nSPS) is 10.0. The molecular formula is C17H16ClN3O6.